The number of hydrogen-bond donors (Lipinski definition) is 2. The predicted octanol–water partition coefficient (Wildman–Crippen LogP) is 2.82. The molecule has 0 spiro atoms. The molecule has 0 aliphatic carbocycles. The van der Waals surface area contributed by atoms with Crippen LogP contribution < -0.4 is 15.2 Å². The lowest BCUT2D eigenvalue weighted by molar-refractivity contribution is -0.137. The lowest BCUT2D eigenvalue weighted by Crippen LogP contribution is -2.22. The van der Waals surface area contributed by atoms with Gasteiger partial charge in [-0.05, 0) is 33.5 Å². The SMILES string of the molecule is CC(C)c1c(C(N)CC(=O)O)cc(Br)c2c1OCCO2. The van der Waals surface area contributed by atoms with Crippen LogP contribution in [0.25, 0.3) is 0 Å². The third kappa shape index (κ3) is 2.91. The average Bonchev–Trinajstić information content (AvgIpc) is 2.37. The summed E-state index contributed by atoms with van der Waals surface area (Å²) in [6.07, 6.45) is -0.119. The molecule has 6 heteroatoms. The number of aliphatic carboxylic acids is 1. The van der Waals surface area contributed by atoms with E-state index in [0.717, 1.165) is 15.6 Å². The van der Waals surface area contributed by atoms with E-state index < -0.39 is 12.0 Å². The van der Waals surface area contributed by atoms with Crippen LogP contribution in [-0.4, -0.2) is 24.3 Å². The highest BCUT2D eigenvalue weighted by atomic mass is 79.9. The van der Waals surface area contributed by atoms with Gasteiger partial charge < -0.3 is 20.3 Å². The van der Waals surface area contributed by atoms with Crippen molar-refractivity contribution in [3.63, 3.8) is 0 Å². The number of benzene rings is 1. The summed E-state index contributed by atoms with van der Waals surface area (Å²) in [5, 5.41) is 8.93. The molecular weight excluding hydrogens is 326 g/mol. The second kappa shape index (κ2) is 6.01. The van der Waals surface area contributed by atoms with Crippen LogP contribution in [0.3, 0.4) is 0 Å². The van der Waals surface area contributed by atoms with Crippen LogP contribution in [0.4, 0.5) is 0 Å². The molecule has 1 unspecified atom stereocenters. The Morgan fingerprint density at radius 2 is 2.00 bits per heavy atom. The summed E-state index contributed by atoms with van der Waals surface area (Å²) >= 11 is 3.44. The highest BCUT2D eigenvalue weighted by Gasteiger charge is 2.27. The van der Waals surface area contributed by atoms with Crippen molar-refractivity contribution in [2.24, 2.45) is 5.73 Å². The lowest BCUT2D eigenvalue weighted by Gasteiger charge is -2.27. The molecule has 0 saturated carbocycles. The number of fused-ring (bicyclic) bond motifs is 1. The molecule has 1 aliphatic heterocycles. The maximum atomic E-state index is 10.9. The summed E-state index contributed by atoms with van der Waals surface area (Å²) in [6.45, 7) is 5.04. The number of rotatable bonds is 4. The zero-order valence-corrected chi connectivity index (χ0v) is 13.1. The second-order valence-electron chi connectivity index (χ2n) is 5.08. The molecule has 5 nitrogen and oxygen atoms in total. The van der Waals surface area contributed by atoms with Crippen molar-refractivity contribution in [2.75, 3.05) is 13.2 Å². The molecule has 1 atom stereocenters. The van der Waals surface area contributed by atoms with E-state index in [1.165, 1.54) is 0 Å². The molecule has 1 aromatic carbocycles. The van der Waals surface area contributed by atoms with E-state index in [0.29, 0.717) is 24.7 Å². The Kier molecular flexibility index (Phi) is 4.55. The Morgan fingerprint density at radius 1 is 1.40 bits per heavy atom. The number of hydrogen-bond acceptors (Lipinski definition) is 4. The zero-order valence-electron chi connectivity index (χ0n) is 11.5. The van der Waals surface area contributed by atoms with Gasteiger partial charge >= 0.3 is 5.97 Å². The lowest BCUT2D eigenvalue weighted by atomic mass is 9.90. The molecule has 20 heavy (non-hydrogen) atoms. The molecule has 1 aliphatic rings. The molecule has 0 radical (unpaired) electrons. The van der Waals surface area contributed by atoms with Crippen LogP contribution in [0.5, 0.6) is 11.5 Å². The van der Waals surface area contributed by atoms with Gasteiger partial charge in [0, 0.05) is 11.6 Å². The van der Waals surface area contributed by atoms with Gasteiger partial charge in [0.15, 0.2) is 11.5 Å². The van der Waals surface area contributed by atoms with Crippen molar-refractivity contribution in [1.29, 1.82) is 0 Å². The van der Waals surface area contributed by atoms with Crippen LogP contribution >= 0.6 is 15.9 Å². The largest absolute Gasteiger partial charge is 0.486 e. The van der Waals surface area contributed by atoms with E-state index in [-0.39, 0.29) is 12.3 Å². The first kappa shape index (κ1) is 15.1. The van der Waals surface area contributed by atoms with E-state index in [2.05, 4.69) is 15.9 Å². The predicted molar refractivity (Wildman–Crippen MR) is 78.4 cm³/mol. The fraction of sp³-hybridized carbons (Fsp3) is 0.500. The molecular formula is C14H18BrNO4. The van der Waals surface area contributed by atoms with E-state index in [9.17, 15) is 4.79 Å². The van der Waals surface area contributed by atoms with Crippen molar-refractivity contribution in [1.82, 2.24) is 0 Å². The normalized spacial score (nSPS) is 15.2. The molecule has 0 aromatic heterocycles. The van der Waals surface area contributed by atoms with Crippen LogP contribution in [0.2, 0.25) is 0 Å². The molecule has 0 saturated heterocycles. The summed E-state index contributed by atoms with van der Waals surface area (Å²) in [6, 6.07) is 1.27. The standard InChI is InChI=1S/C14H18BrNO4/c1-7(2)12-8(10(16)6-11(17)18)5-9(15)13-14(12)20-4-3-19-13/h5,7,10H,3-4,6,16H2,1-2H3,(H,17,18). The zero-order chi connectivity index (χ0) is 14.9. The molecule has 2 rings (SSSR count). The fourth-order valence-corrected chi connectivity index (χ4v) is 2.95. The summed E-state index contributed by atoms with van der Waals surface area (Å²) in [4.78, 5) is 10.9. The molecule has 1 heterocycles. The summed E-state index contributed by atoms with van der Waals surface area (Å²) in [5.74, 6) is 0.592. The van der Waals surface area contributed by atoms with Gasteiger partial charge in [0.2, 0.25) is 0 Å². The van der Waals surface area contributed by atoms with Crippen LogP contribution in [0.15, 0.2) is 10.5 Å². The Balaban J connectivity index is 2.55. The first-order chi connectivity index (χ1) is 9.41. The third-order valence-corrected chi connectivity index (χ3v) is 3.80. The minimum atomic E-state index is -0.918. The van der Waals surface area contributed by atoms with Crippen molar-refractivity contribution in [2.45, 2.75) is 32.2 Å². The first-order valence-electron chi connectivity index (χ1n) is 6.51. The molecule has 3 N–H and O–H groups in total. The van der Waals surface area contributed by atoms with E-state index in [1.54, 1.807) is 0 Å². The van der Waals surface area contributed by atoms with Crippen molar-refractivity contribution in [3.8, 4) is 11.5 Å². The highest BCUT2D eigenvalue weighted by Crippen LogP contribution is 2.46. The van der Waals surface area contributed by atoms with E-state index in [4.69, 9.17) is 20.3 Å². The molecule has 0 bridgehead atoms. The number of carboxylic acids is 1. The van der Waals surface area contributed by atoms with Gasteiger partial charge in [-0.3, -0.25) is 4.79 Å². The molecule has 0 fully saturated rings. The first-order valence-corrected chi connectivity index (χ1v) is 7.30. The Labute approximate surface area is 126 Å². The van der Waals surface area contributed by atoms with Gasteiger partial charge in [0.05, 0.1) is 10.9 Å². The summed E-state index contributed by atoms with van der Waals surface area (Å²) in [7, 11) is 0. The minimum Gasteiger partial charge on any atom is -0.486 e. The Bertz CT molecular complexity index is 530. The fourth-order valence-electron chi connectivity index (χ4n) is 2.41. The highest BCUT2D eigenvalue weighted by molar-refractivity contribution is 9.10. The summed E-state index contributed by atoms with van der Waals surface area (Å²) in [5.41, 5.74) is 7.76. The smallest absolute Gasteiger partial charge is 0.305 e. The number of ether oxygens (including phenoxy) is 2. The van der Waals surface area contributed by atoms with Crippen LogP contribution in [0, 0.1) is 0 Å². The van der Waals surface area contributed by atoms with E-state index in [1.807, 2.05) is 19.9 Å². The number of carbonyl (C=O) groups is 1. The monoisotopic (exact) mass is 343 g/mol. The van der Waals surface area contributed by atoms with Crippen molar-refractivity contribution in [3.05, 3.63) is 21.7 Å². The van der Waals surface area contributed by atoms with Crippen LogP contribution in [0.1, 0.15) is 43.4 Å². The topological polar surface area (TPSA) is 81.8 Å². The van der Waals surface area contributed by atoms with Crippen LogP contribution in [-0.2, 0) is 4.79 Å². The maximum absolute atomic E-state index is 10.9. The van der Waals surface area contributed by atoms with Gasteiger partial charge in [-0.2, -0.15) is 0 Å². The maximum Gasteiger partial charge on any atom is 0.305 e. The molecule has 1 aromatic rings. The van der Waals surface area contributed by atoms with Gasteiger partial charge in [0.1, 0.15) is 13.2 Å². The third-order valence-electron chi connectivity index (χ3n) is 3.21. The van der Waals surface area contributed by atoms with Crippen molar-refractivity contribution >= 4 is 21.9 Å². The number of nitrogens with two attached hydrogens (primary N) is 1. The number of carboxylic acid groups (broad SMARTS) is 1. The Hall–Kier alpha value is -1.27. The second-order valence-corrected chi connectivity index (χ2v) is 5.93. The summed E-state index contributed by atoms with van der Waals surface area (Å²) < 4.78 is 12.1. The van der Waals surface area contributed by atoms with E-state index >= 15 is 0 Å². The Morgan fingerprint density at radius 3 is 2.55 bits per heavy atom. The molecule has 110 valence electrons. The van der Waals surface area contributed by atoms with Crippen molar-refractivity contribution < 1.29 is 19.4 Å². The minimum absolute atomic E-state index is 0.119. The molecule has 0 amide bonds. The van der Waals surface area contributed by atoms with Gasteiger partial charge in [-0.1, -0.05) is 13.8 Å². The quantitative estimate of drug-likeness (QED) is 0.878. The average molecular weight is 344 g/mol. The number of halogens is 1. The van der Waals surface area contributed by atoms with Gasteiger partial charge in [-0.15, -0.1) is 0 Å². The van der Waals surface area contributed by atoms with Gasteiger partial charge in [0.25, 0.3) is 0 Å². The van der Waals surface area contributed by atoms with Gasteiger partial charge in [-0.25, -0.2) is 0 Å².